The lowest BCUT2D eigenvalue weighted by Gasteiger charge is -2.30. The summed E-state index contributed by atoms with van der Waals surface area (Å²) in [6, 6.07) is 21.8. The average molecular weight is 671 g/mol. The number of hydrogen-bond acceptors (Lipinski definition) is 6. The molecule has 2 fully saturated rings. The van der Waals surface area contributed by atoms with E-state index in [0.717, 1.165) is 81.8 Å². The van der Waals surface area contributed by atoms with E-state index in [9.17, 15) is 22.8 Å². The molecule has 3 aromatic carbocycles. The lowest BCUT2D eigenvalue weighted by Crippen LogP contribution is -2.39. The maximum Gasteiger partial charge on any atom is 0.416 e. The van der Waals surface area contributed by atoms with Gasteiger partial charge in [0.15, 0.2) is 0 Å². The van der Waals surface area contributed by atoms with Gasteiger partial charge >= 0.3 is 6.18 Å². The van der Waals surface area contributed by atoms with Crippen LogP contribution in [-0.2, 0) is 19.3 Å². The van der Waals surface area contributed by atoms with Crippen LogP contribution in [0.2, 0.25) is 0 Å². The lowest BCUT2D eigenvalue weighted by atomic mass is 10.0. The van der Waals surface area contributed by atoms with Gasteiger partial charge < -0.3 is 21.3 Å². The third-order valence-corrected chi connectivity index (χ3v) is 9.21. The molecular weight excluding hydrogens is 629 g/mol. The van der Waals surface area contributed by atoms with Gasteiger partial charge in [-0.25, -0.2) is 0 Å². The van der Waals surface area contributed by atoms with Gasteiger partial charge in [-0.2, -0.15) is 13.2 Å². The van der Waals surface area contributed by atoms with Crippen LogP contribution < -0.4 is 21.3 Å². The maximum atomic E-state index is 13.6. The van der Waals surface area contributed by atoms with E-state index in [1.165, 1.54) is 24.8 Å². The second kappa shape index (κ2) is 15.2. The molecule has 49 heavy (non-hydrogen) atoms. The van der Waals surface area contributed by atoms with Crippen molar-refractivity contribution in [2.24, 2.45) is 5.73 Å². The van der Waals surface area contributed by atoms with E-state index in [1.54, 1.807) is 18.2 Å². The summed E-state index contributed by atoms with van der Waals surface area (Å²) in [6.07, 6.45) is 2.33. The van der Waals surface area contributed by atoms with Crippen LogP contribution in [0.25, 0.3) is 11.3 Å². The van der Waals surface area contributed by atoms with Crippen LogP contribution in [-0.4, -0.2) is 53.9 Å². The summed E-state index contributed by atoms with van der Waals surface area (Å²) in [5.74, 6) is -0.712. The Morgan fingerprint density at radius 3 is 2.33 bits per heavy atom. The number of hydrogen-bond donors (Lipinski definition) is 3. The van der Waals surface area contributed by atoms with Crippen molar-refractivity contribution < 1.29 is 22.8 Å². The van der Waals surface area contributed by atoms with E-state index in [-0.39, 0.29) is 18.5 Å². The van der Waals surface area contributed by atoms with Gasteiger partial charge in [0.05, 0.1) is 16.9 Å². The molecule has 0 spiro atoms. The highest BCUT2D eigenvalue weighted by molar-refractivity contribution is 6.06. The van der Waals surface area contributed by atoms with Gasteiger partial charge in [-0.1, -0.05) is 24.3 Å². The Balaban J connectivity index is 1.23. The Morgan fingerprint density at radius 2 is 1.55 bits per heavy atom. The van der Waals surface area contributed by atoms with Gasteiger partial charge in [0.25, 0.3) is 11.8 Å². The Morgan fingerprint density at radius 1 is 0.816 bits per heavy atom. The number of rotatable bonds is 9. The first-order valence-corrected chi connectivity index (χ1v) is 16.8. The zero-order valence-corrected chi connectivity index (χ0v) is 27.3. The average Bonchev–Trinajstić information content (AvgIpc) is 3.12. The number of carbonyl (C=O) groups excluding carboxylic acids is 2. The van der Waals surface area contributed by atoms with Gasteiger partial charge in [-0.3, -0.25) is 19.5 Å². The van der Waals surface area contributed by atoms with Crippen molar-refractivity contribution in [1.82, 2.24) is 15.2 Å². The molecule has 4 aromatic rings. The van der Waals surface area contributed by atoms with Crippen molar-refractivity contribution in [3.8, 4) is 11.3 Å². The molecular formula is C38H41F3N6O2. The molecule has 1 aromatic heterocycles. The van der Waals surface area contributed by atoms with E-state index < -0.39 is 17.6 Å². The molecule has 256 valence electrons. The summed E-state index contributed by atoms with van der Waals surface area (Å²) in [5.41, 5.74) is 10.2. The summed E-state index contributed by atoms with van der Waals surface area (Å²) >= 11 is 0. The number of benzene rings is 3. The van der Waals surface area contributed by atoms with Crippen LogP contribution >= 0.6 is 0 Å². The fraction of sp³-hybridized carbons (Fsp3) is 0.342. The minimum absolute atomic E-state index is 0.0729. The van der Waals surface area contributed by atoms with Crippen LogP contribution in [0.1, 0.15) is 69.5 Å². The number of halogens is 3. The minimum atomic E-state index is -4.47. The number of likely N-dealkylation sites (tertiary alicyclic amines) is 1. The topological polar surface area (TPSA) is 104 Å². The molecule has 0 aliphatic carbocycles. The zero-order chi connectivity index (χ0) is 34.4. The predicted molar refractivity (Wildman–Crippen MR) is 185 cm³/mol. The first-order valence-electron chi connectivity index (χ1n) is 16.8. The van der Waals surface area contributed by atoms with Gasteiger partial charge in [-0.05, 0) is 111 Å². The molecule has 2 aliphatic heterocycles. The molecule has 2 aliphatic rings. The highest BCUT2D eigenvalue weighted by Crippen LogP contribution is 2.34. The van der Waals surface area contributed by atoms with Crippen LogP contribution in [0.5, 0.6) is 0 Å². The van der Waals surface area contributed by atoms with Gasteiger partial charge in [0, 0.05) is 60.8 Å². The Labute approximate surface area is 284 Å². The van der Waals surface area contributed by atoms with Crippen LogP contribution in [0, 0.1) is 0 Å². The Hall–Kier alpha value is -4.74. The number of carbonyl (C=O) groups is 2. The Bertz CT molecular complexity index is 1780. The molecule has 3 heterocycles. The fourth-order valence-electron chi connectivity index (χ4n) is 6.44. The first-order chi connectivity index (χ1) is 23.6. The summed E-state index contributed by atoms with van der Waals surface area (Å²) in [5, 5.41) is 5.80. The summed E-state index contributed by atoms with van der Waals surface area (Å²) < 4.78 is 39.5. The number of nitrogens with two attached hydrogens (primary N) is 1. The highest BCUT2D eigenvalue weighted by atomic mass is 19.4. The summed E-state index contributed by atoms with van der Waals surface area (Å²) in [7, 11) is 0. The molecule has 0 bridgehead atoms. The molecule has 0 unspecified atom stereocenters. The van der Waals surface area contributed by atoms with Crippen molar-refractivity contribution >= 4 is 23.2 Å². The first kappa shape index (κ1) is 34.1. The number of piperidine rings is 2. The molecule has 4 N–H and O–H groups in total. The monoisotopic (exact) mass is 670 g/mol. The van der Waals surface area contributed by atoms with E-state index in [4.69, 9.17) is 5.73 Å². The normalized spacial score (nSPS) is 16.0. The van der Waals surface area contributed by atoms with Crippen molar-refractivity contribution in [1.29, 1.82) is 0 Å². The molecule has 6 rings (SSSR count). The zero-order valence-electron chi connectivity index (χ0n) is 27.3. The molecule has 2 saturated heterocycles. The van der Waals surface area contributed by atoms with Gasteiger partial charge in [0.2, 0.25) is 0 Å². The third kappa shape index (κ3) is 8.84. The van der Waals surface area contributed by atoms with E-state index in [1.807, 2.05) is 36.4 Å². The smallest absolute Gasteiger partial charge is 0.372 e. The van der Waals surface area contributed by atoms with E-state index >= 15 is 0 Å². The lowest BCUT2D eigenvalue weighted by molar-refractivity contribution is -0.137. The number of amides is 2. The minimum Gasteiger partial charge on any atom is -0.372 e. The van der Waals surface area contributed by atoms with Crippen molar-refractivity contribution in [2.75, 3.05) is 36.4 Å². The largest absolute Gasteiger partial charge is 0.416 e. The summed E-state index contributed by atoms with van der Waals surface area (Å²) in [4.78, 5) is 36.1. The molecule has 0 saturated carbocycles. The van der Waals surface area contributed by atoms with Crippen LogP contribution in [0.4, 0.5) is 24.5 Å². The van der Waals surface area contributed by atoms with E-state index in [0.29, 0.717) is 33.6 Å². The predicted octanol–water partition coefficient (Wildman–Crippen LogP) is 6.86. The van der Waals surface area contributed by atoms with Crippen molar-refractivity contribution in [2.45, 2.75) is 57.4 Å². The van der Waals surface area contributed by atoms with E-state index in [2.05, 4.69) is 25.4 Å². The second-order valence-electron chi connectivity index (χ2n) is 12.9. The number of anilines is 2. The van der Waals surface area contributed by atoms with Gasteiger partial charge in [-0.15, -0.1) is 0 Å². The standard InChI is InChI=1S/C38H41F3N6O2/c39-38(40,41)30-9-5-6-26(21-30)24-44-36(48)29-12-15-43-35(22-29)33-23-32(47-16-2-1-3-17-47)10-11-34(33)45-37(49)28-8-4-7-27(20-28)25-46-18-13-31(42)14-19-46/h4-12,15,20-23,31H,1-3,13-14,16-19,24-25,42H2,(H,44,48)(H,45,49). The molecule has 11 heteroatoms. The molecule has 0 radical (unpaired) electrons. The number of nitrogens with one attached hydrogen (secondary N) is 2. The van der Waals surface area contributed by atoms with Crippen molar-refractivity contribution in [3.05, 3.63) is 113 Å². The SMILES string of the molecule is NC1CCN(Cc2cccc(C(=O)Nc3ccc(N4CCCCC4)cc3-c3cc(C(=O)NCc4cccc(C(F)(F)F)c4)ccn3)c2)CC1. The molecule has 2 amide bonds. The summed E-state index contributed by atoms with van der Waals surface area (Å²) in [6.45, 7) is 4.38. The number of nitrogens with zero attached hydrogens (tertiary/aromatic N) is 3. The second-order valence-corrected chi connectivity index (χ2v) is 12.9. The van der Waals surface area contributed by atoms with Crippen LogP contribution in [0.15, 0.2) is 85.1 Å². The Kier molecular flexibility index (Phi) is 10.6. The van der Waals surface area contributed by atoms with Crippen molar-refractivity contribution in [3.63, 3.8) is 0 Å². The molecule has 0 atom stereocenters. The maximum absolute atomic E-state index is 13.6. The molecule has 8 nitrogen and oxygen atoms in total. The third-order valence-electron chi connectivity index (χ3n) is 9.21. The quantitative estimate of drug-likeness (QED) is 0.180. The van der Waals surface area contributed by atoms with Gasteiger partial charge in [0.1, 0.15) is 0 Å². The van der Waals surface area contributed by atoms with Crippen LogP contribution in [0.3, 0.4) is 0 Å². The number of alkyl halides is 3. The fourth-order valence-corrected chi connectivity index (χ4v) is 6.44. The number of pyridine rings is 1. The highest BCUT2D eigenvalue weighted by Gasteiger charge is 2.30. The number of aromatic nitrogens is 1.